The molecule has 0 aliphatic carbocycles. The number of hydrazone groups is 1. The van der Waals surface area contributed by atoms with E-state index in [1.165, 1.54) is 6.07 Å². The van der Waals surface area contributed by atoms with Gasteiger partial charge in [0.1, 0.15) is 18.2 Å². The van der Waals surface area contributed by atoms with Crippen LogP contribution in [0.5, 0.6) is 5.75 Å². The fraction of sp³-hybridized carbons (Fsp3) is 0.0833. The molecule has 172 valence electrons. The van der Waals surface area contributed by atoms with Crippen LogP contribution < -0.4 is 20.8 Å². The predicted octanol–water partition coefficient (Wildman–Crippen LogP) is 5.47. The van der Waals surface area contributed by atoms with Crippen LogP contribution in [0.4, 0.5) is 27.9 Å². The molecule has 0 saturated carbocycles. The van der Waals surface area contributed by atoms with Crippen molar-refractivity contribution in [3.8, 4) is 5.75 Å². The van der Waals surface area contributed by atoms with Crippen LogP contribution in [0.1, 0.15) is 11.1 Å². The number of para-hydroxylation sites is 1. The molecule has 1 aromatic heterocycles. The lowest BCUT2D eigenvalue weighted by molar-refractivity contribution is 0.300. The van der Waals surface area contributed by atoms with E-state index in [0.29, 0.717) is 28.2 Å². The van der Waals surface area contributed by atoms with E-state index in [9.17, 15) is 4.39 Å². The molecule has 4 rings (SSSR count). The number of hydrogen-bond acceptors (Lipinski definition) is 8. The van der Waals surface area contributed by atoms with Crippen LogP contribution in [0.25, 0.3) is 0 Å². The van der Waals surface area contributed by atoms with Gasteiger partial charge in [0.2, 0.25) is 17.8 Å². The Labute approximate surface area is 200 Å². The van der Waals surface area contributed by atoms with E-state index >= 15 is 0 Å². The maximum absolute atomic E-state index is 13.9. The number of halogens is 2. The number of anilines is 4. The Morgan fingerprint density at radius 3 is 2.38 bits per heavy atom. The largest absolute Gasteiger partial charge is 0.489 e. The van der Waals surface area contributed by atoms with Crippen molar-refractivity contribution in [2.45, 2.75) is 6.61 Å². The first-order valence-corrected chi connectivity index (χ1v) is 10.7. The van der Waals surface area contributed by atoms with Gasteiger partial charge < -0.3 is 15.4 Å². The minimum Gasteiger partial charge on any atom is -0.489 e. The molecule has 8 nitrogen and oxygen atoms in total. The summed E-state index contributed by atoms with van der Waals surface area (Å²) in [6.07, 6.45) is 1.62. The number of rotatable bonds is 9. The summed E-state index contributed by atoms with van der Waals surface area (Å²) in [7, 11) is 1.72. The zero-order valence-corrected chi connectivity index (χ0v) is 18.9. The molecule has 3 N–H and O–H groups in total. The van der Waals surface area contributed by atoms with E-state index < -0.39 is 5.82 Å². The molecule has 34 heavy (non-hydrogen) atoms. The average molecular weight is 478 g/mol. The summed E-state index contributed by atoms with van der Waals surface area (Å²) in [5.74, 6) is 1.22. The highest BCUT2D eigenvalue weighted by Gasteiger charge is 2.08. The van der Waals surface area contributed by atoms with Crippen molar-refractivity contribution in [3.63, 3.8) is 0 Å². The second-order valence-corrected chi connectivity index (χ2v) is 7.38. The molecule has 0 amide bonds. The Morgan fingerprint density at radius 1 is 0.912 bits per heavy atom. The van der Waals surface area contributed by atoms with Gasteiger partial charge in [-0.25, -0.2) is 9.82 Å². The summed E-state index contributed by atoms with van der Waals surface area (Å²) < 4.78 is 19.5. The standard InChI is InChI=1S/C24H21ClFN7O/c1-27-22-30-23(29-17-6-3-2-4-7-17)32-24(31-22)33-28-14-16-10-12-18(13-11-16)34-15-19-20(25)8-5-9-21(19)26/h2-14H,15H2,1H3,(H3,27,29,30,31,32,33)/b28-14+. The van der Waals surface area contributed by atoms with Crippen LogP contribution in [0.3, 0.4) is 0 Å². The van der Waals surface area contributed by atoms with Gasteiger partial charge in [0.15, 0.2) is 0 Å². The van der Waals surface area contributed by atoms with E-state index in [1.807, 2.05) is 42.5 Å². The first kappa shape index (κ1) is 22.9. The summed E-state index contributed by atoms with van der Waals surface area (Å²) >= 11 is 6.03. The lowest BCUT2D eigenvalue weighted by Crippen LogP contribution is -2.07. The maximum Gasteiger partial charge on any atom is 0.250 e. The average Bonchev–Trinajstić information content (AvgIpc) is 2.85. The predicted molar refractivity (Wildman–Crippen MR) is 132 cm³/mol. The molecule has 0 bridgehead atoms. The van der Waals surface area contributed by atoms with Gasteiger partial charge >= 0.3 is 0 Å². The maximum atomic E-state index is 13.9. The number of nitrogens with one attached hydrogen (secondary N) is 3. The third-order valence-corrected chi connectivity index (χ3v) is 4.95. The van der Waals surface area contributed by atoms with Crippen LogP contribution in [0, 0.1) is 5.82 Å². The van der Waals surface area contributed by atoms with Crippen molar-refractivity contribution in [1.82, 2.24) is 15.0 Å². The third kappa shape index (κ3) is 6.17. The molecule has 0 radical (unpaired) electrons. The van der Waals surface area contributed by atoms with Gasteiger partial charge in [0.25, 0.3) is 0 Å². The number of nitrogens with zero attached hydrogens (tertiary/aromatic N) is 4. The lowest BCUT2D eigenvalue weighted by Gasteiger charge is -2.09. The molecule has 0 fully saturated rings. The normalized spacial score (nSPS) is 10.8. The van der Waals surface area contributed by atoms with E-state index in [-0.39, 0.29) is 12.6 Å². The van der Waals surface area contributed by atoms with Gasteiger partial charge in [-0.1, -0.05) is 35.9 Å². The van der Waals surface area contributed by atoms with E-state index in [0.717, 1.165) is 11.3 Å². The van der Waals surface area contributed by atoms with Gasteiger partial charge in [-0.05, 0) is 54.1 Å². The highest BCUT2D eigenvalue weighted by molar-refractivity contribution is 6.31. The monoisotopic (exact) mass is 477 g/mol. The van der Waals surface area contributed by atoms with Crippen LogP contribution in [0.2, 0.25) is 5.02 Å². The van der Waals surface area contributed by atoms with Gasteiger partial charge in [-0.3, -0.25) is 0 Å². The van der Waals surface area contributed by atoms with Crippen molar-refractivity contribution in [2.24, 2.45) is 5.10 Å². The molecule has 1 heterocycles. The number of ether oxygens (including phenoxy) is 1. The van der Waals surface area contributed by atoms with E-state index in [2.05, 4.69) is 36.1 Å². The molecule has 4 aromatic rings. The molecule has 0 saturated heterocycles. The van der Waals surface area contributed by atoms with Gasteiger partial charge in [0.05, 0.1) is 11.2 Å². The molecule has 0 spiro atoms. The van der Waals surface area contributed by atoms with Crippen molar-refractivity contribution in [2.75, 3.05) is 23.1 Å². The molecule has 10 heteroatoms. The Balaban J connectivity index is 1.37. The smallest absolute Gasteiger partial charge is 0.250 e. The third-order valence-electron chi connectivity index (χ3n) is 4.59. The van der Waals surface area contributed by atoms with Crippen LogP contribution in [-0.2, 0) is 6.61 Å². The summed E-state index contributed by atoms with van der Waals surface area (Å²) in [4.78, 5) is 12.9. The zero-order valence-electron chi connectivity index (χ0n) is 18.2. The quantitative estimate of drug-likeness (QED) is 0.217. The Kier molecular flexibility index (Phi) is 7.46. The zero-order chi connectivity index (χ0) is 23.8. The molecule has 3 aromatic carbocycles. The second-order valence-electron chi connectivity index (χ2n) is 6.98. The number of benzene rings is 3. The minimum atomic E-state index is -0.399. The minimum absolute atomic E-state index is 0.0347. The summed E-state index contributed by atoms with van der Waals surface area (Å²) in [5.41, 5.74) is 4.79. The summed E-state index contributed by atoms with van der Waals surface area (Å²) in [6, 6.07) is 21.3. The SMILES string of the molecule is CNc1nc(N/N=C/c2ccc(OCc3c(F)cccc3Cl)cc2)nc(Nc2ccccc2)n1. The van der Waals surface area contributed by atoms with Crippen LogP contribution in [-0.4, -0.2) is 28.2 Å². The number of hydrogen-bond donors (Lipinski definition) is 3. The van der Waals surface area contributed by atoms with Crippen molar-refractivity contribution in [3.05, 3.63) is 94.8 Å². The summed E-state index contributed by atoms with van der Waals surface area (Å²) in [6.45, 7) is 0.0347. The van der Waals surface area contributed by atoms with Gasteiger partial charge in [-0.2, -0.15) is 20.1 Å². The first-order chi connectivity index (χ1) is 16.6. The fourth-order valence-corrected chi connectivity index (χ4v) is 3.10. The van der Waals surface area contributed by atoms with Gasteiger partial charge in [0, 0.05) is 18.3 Å². The van der Waals surface area contributed by atoms with Crippen molar-refractivity contribution >= 4 is 41.3 Å². The van der Waals surface area contributed by atoms with E-state index in [4.69, 9.17) is 16.3 Å². The molecular formula is C24H21ClFN7O. The molecule has 0 aliphatic heterocycles. The fourth-order valence-electron chi connectivity index (χ4n) is 2.88. The molecule has 0 atom stereocenters. The Hall–Kier alpha value is -4.24. The van der Waals surface area contributed by atoms with Crippen molar-refractivity contribution in [1.29, 1.82) is 0 Å². The van der Waals surface area contributed by atoms with Crippen LogP contribution in [0.15, 0.2) is 77.9 Å². The first-order valence-electron chi connectivity index (χ1n) is 10.3. The summed E-state index contributed by atoms with van der Waals surface area (Å²) in [5, 5.41) is 10.5. The molecule has 0 aliphatic rings. The van der Waals surface area contributed by atoms with Gasteiger partial charge in [-0.15, -0.1) is 0 Å². The lowest BCUT2D eigenvalue weighted by atomic mass is 10.2. The van der Waals surface area contributed by atoms with Crippen molar-refractivity contribution < 1.29 is 9.13 Å². The highest BCUT2D eigenvalue weighted by atomic mass is 35.5. The van der Waals surface area contributed by atoms with E-state index in [1.54, 1.807) is 37.5 Å². The Morgan fingerprint density at radius 2 is 1.65 bits per heavy atom. The second kappa shape index (κ2) is 11.1. The molecular weight excluding hydrogens is 457 g/mol. The topological polar surface area (TPSA) is 96.4 Å². The molecule has 0 unspecified atom stereocenters. The highest BCUT2D eigenvalue weighted by Crippen LogP contribution is 2.21. The van der Waals surface area contributed by atoms with Crippen LogP contribution >= 0.6 is 11.6 Å². The Bertz CT molecular complexity index is 1250. The number of aromatic nitrogens is 3.